The number of aromatic nitrogens is 2. The lowest BCUT2D eigenvalue weighted by Crippen LogP contribution is -2.08. The Morgan fingerprint density at radius 2 is 2.58 bits per heavy atom. The molecule has 0 aromatic carbocycles. The van der Waals surface area contributed by atoms with Crippen LogP contribution in [0.3, 0.4) is 0 Å². The molecular weight excluding hydrogens is 218 g/mol. The minimum atomic E-state index is 0.613. The Kier molecular flexibility index (Phi) is 2.19. The summed E-state index contributed by atoms with van der Waals surface area (Å²) < 4.78 is 2.93. The van der Waals surface area contributed by atoms with Crippen molar-refractivity contribution in [1.29, 1.82) is 0 Å². The number of halogens is 1. The van der Waals surface area contributed by atoms with Crippen LogP contribution < -0.4 is 5.32 Å². The standard InChI is InChI=1S/C8H12BrN3/c1-12-8(9)4-7(11-12)6-2-3-10-5-6/h4,6,10H,2-3,5H2,1H3. The zero-order valence-electron chi connectivity index (χ0n) is 7.05. The van der Waals surface area contributed by atoms with Crippen molar-refractivity contribution < 1.29 is 0 Å². The van der Waals surface area contributed by atoms with Crippen molar-refractivity contribution in [3.05, 3.63) is 16.4 Å². The van der Waals surface area contributed by atoms with Crippen LogP contribution in [0.5, 0.6) is 0 Å². The van der Waals surface area contributed by atoms with Crippen molar-refractivity contribution in [2.75, 3.05) is 13.1 Å². The zero-order chi connectivity index (χ0) is 8.55. The van der Waals surface area contributed by atoms with Crippen molar-refractivity contribution in [3.63, 3.8) is 0 Å². The summed E-state index contributed by atoms with van der Waals surface area (Å²) in [5.41, 5.74) is 1.20. The first-order valence-corrected chi connectivity index (χ1v) is 4.97. The lowest BCUT2D eigenvalue weighted by molar-refractivity contribution is 0.675. The van der Waals surface area contributed by atoms with E-state index in [2.05, 4.69) is 32.4 Å². The third-order valence-electron chi connectivity index (χ3n) is 2.32. The summed E-state index contributed by atoms with van der Waals surface area (Å²) in [6.45, 7) is 2.20. The molecule has 0 radical (unpaired) electrons. The van der Waals surface area contributed by atoms with Crippen LogP contribution in [0.1, 0.15) is 18.0 Å². The van der Waals surface area contributed by atoms with Crippen LogP contribution in [0.25, 0.3) is 0 Å². The topological polar surface area (TPSA) is 29.9 Å². The van der Waals surface area contributed by atoms with Gasteiger partial charge in [-0.05, 0) is 35.0 Å². The molecule has 66 valence electrons. The molecule has 4 heteroatoms. The van der Waals surface area contributed by atoms with Crippen molar-refractivity contribution >= 4 is 15.9 Å². The second-order valence-electron chi connectivity index (χ2n) is 3.21. The molecule has 0 amide bonds. The first kappa shape index (κ1) is 8.26. The molecule has 1 unspecified atom stereocenters. The van der Waals surface area contributed by atoms with Gasteiger partial charge in [-0.3, -0.25) is 4.68 Å². The molecule has 1 saturated heterocycles. The molecule has 1 N–H and O–H groups in total. The van der Waals surface area contributed by atoms with E-state index in [0.717, 1.165) is 17.7 Å². The van der Waals surface area contributed by atoms with E-state index >= 15 is 0 Å². The second kappa shape index (κ2) is 3.18. The second-order valence-corrected chi connectivity index (χ2v) is 4.02. The van der Waals surface area contributed by atoms with Crippen LogP contribution in [-0.4, -0.2) is 22.9 Å². The molecule has 1 aromatic rings. The van der Waals surface area contributed by atoms with Gasteiger partial charge in [0.25, 0.3) is 0 Å². The maximum absolute atomic E-state index is 4.42. The van der Waals surface area contributed by atoms with Gasteiger partial charge >= 0.3 is 0 Å². The number of aryl methyl sites for hydroxylation is 1. The van der Waals surface area contributed by atoms with Crippen LogP contribution in [0, 0.1) is 0 Å². The molecule has 12 heavy (non-hydrogen) atoms. The van der Waals surface area contributed by atoms with Crippen LogP contribution in [-0.2, 0) is 7.05 Å². The Labute approximate surface area is 80.3 Å². The molecule has 3 nitrogen and oxygen atoms in total. The summed E-state index contributed by atoms with van der Waals surface area (Å²) in [6, 6.07) is 2.11. The molecule has 1 aromatic heterocycles. The van der Waals surface area contributed by atoms with Crippen molar-refractivity contribution in [1.82, 2.24) is 15.1 Å². The Balaban J connectivity index is 2.21. The van der Waals surface area contributed by atoms with E-state index in [0.29, 0.717) is 5.92 Å². The lowest BCUT2D eigenvalue weighted by Gasteiger charge is -2.01. The van der Waals surface area contributed by atoms with E-state index in [1.807, 2.05) is 11.7 Å². The highest BCUT2D eigenvalue weighted by Crippen LogP contribution is 2.23. The van der Waals surface area contributed by atoms with Crippen molar-refractivity contribution in [2.24, 2.45) is 7.05 Å². The third-order valence-corrected chi connectivity index (χ3v) is 3.06. The average molecular weight is 230 g/mol. The summed E-state index contributed by atoms with van der Waals surface area (Å²) in [5.74, 6) is 0.613. The van der Waals surface area contributed by atoms with E-state index < -0.39 is 0 Å². The van der Waals surface area contributed by atoms with E-state index in [-0.39, 0.29) is 0 Å². The maximum atomic E-state index is 4.42. The Bertz CT molecular complexity index is 256. The number of hydrogen-bond acceptors (Lipinski definition) is 2. The van der Waals surface area contributed by atoms with Gasteiger partial charge in [0.05, 0.1) is 5.69 Å². The van der Waals surface area contributed by atoms with Crippen molar-refractivity contribution in [2.45, 2.75) is 12.3 Å². The molecule has 2 rings (SSSR count). The summed E-state index contributed by atoms with van der Waals surface area (Å²) in [7, 11) is 1.95. The van der Waals surface area contributed by atoms with Gasteiger partial charge in [0.2, 0.25) is 0 Å². The zero-order valence-corrected chi connectivity index (χ0v) is 8.63. The predicted molar refractivity (Wildman–Crippen MR) is 51.1 cm³/mol. The quantitative estimate of drug-likeness (QED) is 0.787. The van der Waals surface area contributed by atoms with Crippen LogP contribution in [0.2, 0.25) is 0 Å². The lowest BCUT2D eigenvalue weighted by atomic mass is 10.1. The van der Waals surface area contributed by atoms with E-state index in [4.69, 9.17) is 0 Å². The highest BCUT2D eigenvalue weighted by atomic mass is 79.9. The fourth-order valence-electron chi connectivity index (χ4n) is 1.57. The van der Waals surface area contributed by atoms with Gasteiger partial charge in [-0.15, -0.1) is 0 Å². The molecule has 0 aliphatic carbocycles. The number of nitrogens with zero attached hydrogens (tertiary/aromatic N) is 2. The average Bonchev–Trinajstić information content (AvgIpc) is 2.61. The van der Waals surface area contributed by atoms with Gasteiger partial charge in [-0.2, -0.15) is 5.10 Å². The SMILES string of the molecule is Cn1nc(C2CCNC2)cc1Br. The fraction of sp³-hybridized carbons (Fsp3) is 0.625. The Morgan fingerprint density at radius 1 is 1.75 bits per heavy atom. The Hall–Kier alpha value is -0.350. The fourth-order valence-corrected chi connectivity index (χ4v) is 1.89. The molecule has 1 aliphatic heterocycles. The summed E-state index contributed by atoms with van der Waals surface area (Å²) in [4.78, 5) is 0. The highest BCUT2D eigenvalue weighted by molar-refractivity contribution is 9.10. The monoisotopic (exact) mass is 229 g/mol. The van der Waals surface area contributed by atoms with Gasteiger partial charge < -0.3 is 5.32 Å². The predicted octanol–water partition coefficient (Wildman–Crippen LogP) is 1.26. The largest absolute Gasteiger partial charge is 0.316 e. The first-order valence-electron chi connectivity index (χ1n) is 4.17. The highest BCUT2D eigenvalue weighted by Gasteiger charge is 2.19. The molecule has 1 fully saturated rings. The summed E-state index contributed by atoms with van der Waals surface area (Å²) in [6.07, 6.45) is 1.21. The van der Waals surface area contributed by atoms with Gasteiger partial charge in [0.1, 0.15) is 4.60 Å². The normalized spacial score (nSPS) is 23.3. The first-order chi connectivity index (χ1) is 5.77. The molecule has 1 aliphatic rings. The van der Waals surface area contributed by atoms with Gasteiger partial charge in [-0.1, -0.05) is 0 Å². The maximum Gasteiger partial charge on any atom is 0.104 e. The minimum absolute atomic E-state index is 0.613. The summed E-state index contributed by atoms with van der Waals surface area (Å²) >= 11 is 3.44. The van der Waals surface area contributed by atoms with Crippen LogP contribution >= 0.6 is 15.9 Å². The molecule has 1 atom stereocenters. The number of hydrogen-bond donors (Lipinski definition) is 1. The molecule has 0 bridgehead atoms. The summed E-state index contributed by atoms with van der Waals surface area (Å²) in [5, 5.41) is 7.76. The smallest absolute Gasteiger partial charge is 0.104 e. The molecule has 0 saturated carbocycles. The van der Waals surface area contributed by atoms with Crippen LogP contribution in [0.15, 0.2) is 10.7 Å². The molecule has 0 spiro atoms. The number of nitrogens with one attached hydrogen (secondary N) is 1. The van der Waals surface area contributed by atoms with Gasteiger partial charge in [-0.25, -0.2) is 0 Å². The van der Waals surface area contributed by atoms with Crippen molar-refractivity contribution in [3.8, 4) is 0 Å². The number of rotatable bonds is 1. The van der Waals surface area contributed by atoms with E-state index in [1.165, 1.54) is 12.1 Å². The van der Waals surface area contributed by atoms with Gasteiger partial charge in [0.15, 0.2) is 0 Å². The van der Waals surface area contributed by atoms with E-state index in [9.17, 15) is 0 Å². The molecule has 2 heterocycles. The van der Waals surface area contributed by atoms with Crippen LogP contribution in [0.4, 0.5) is 0 Å². The van der Waals surface area contributed by atoms with Gasteiger partial charge in [0, 0.05) is 19.5 Å². The Morgan fingerprint density at radius 3 is 3.08 bits per heavy atom. The minimum Gasteiger partial charge on any atom is -0.316 e. The van der Waals surface area contributed by atoms with E-state index in [1.54, 1.807) is 0 Å². The third kappa shape index (κ3) is 1.41. The molecular formula is C8H12BrN3.